The van der Waals surface area contributed by atoms with E-state index in [2.05, 4.69) is 16.0 Å². The summed E-state index contributed by atoms with van der Waals surface area (Å²) < 4.78 is 5.48. The third-order valence-corrected chi connectivity index (χ3v) is 3.61. The maximum Gasteiger partial charge on any atom is 0.410 e. The van der Waals surface area contributed by atoms with Crippen LogP contribution in [0.3, 0.4) is 0 Å². The lowest BCUT2D eigenvalue weighted by Gasteiger charge is -2.30. The van der Waals surface area contributed by atoms with Gasteiger partial charge in [0, 0.05) is 30.9 Å². The maximum atomic E-state index is 12.3. The molecule has 5 nitrogen and oxygen atoms in total. The zero-order chi connectivity index (χ0) is 15.7. The number of amides is 1. The van der Waals surface area contributed by atoms with E-state index >= 15 is 0 Å². The van der Waals surface area contributed by atoms with Crippen LogP contribution in [0.4, 0.5) is 4.79 Å². The molecular formula is C17H21N3O2. The summed E-state index contributed by atoms with van der Waals surface area (Å²) in [4.78, 5) is 21.5. The minimum absolute atomic E-state index is 0.252. The number of nitrogens with one attached hydrogen (secondary N) is 1. The average Bonchev–Trinajstić information content (AvgIpc) is 2.94. The van der Waals surface area contributed by atoms with E-state index in [9.17, 15) is 4.79 Å². The lowest BCUT2D eigenvalue weighted by molar-refractivity contribution is 0.0273. The van der Waals surface area contributed by atoms with Crippen LogP contribution in [0.1, 0.15) is 32.8 Å². The van der Waals surface area contributed by atoms with Crippen LogP contribution >= 0.6 is 0 Å². The van der Waals surface area contributed by atoms with Crippen molar-refractivity contribution >= 4 is 22.7 Å². The highest BCUT2D eigenvalue weighted by molar-refractivity contribution is 5.91. The summed E-state index contributed by atoms with van der Waals surface area (Å²) in [7, 11) is 0. The Bertz CT molecular complexity index is 725. The lowest BCUT2D eigenvalue weighted by Crippen LogP contribution is -2.39. The van der Waals surface area contributed by atoms with Gasteiger partial charge < -0.3 is 14.6 Å². The fourth-order valence-corrected chi connectivity index (χ4v) is 2.66. The molecule has 0 atom stereocenters. The molecular weight excluding hydrogens is 278 g/mol. The van der Waals surface area contributed by atoms with Crippen LogP contribution in [0.15, 0.2) is 30.6 Å². The molecule has 5 heteroatoms. The van der Waals surface area contributed by atoms with E-state index in [1.165, 1.54) is 0 Å². The van der Waals surface area contributed by atoms with E-state index in [-0.39, 0.29) is 6.09 Å². The zero-order valence-electron chi connectivity index (χ0n) is 13.2. The normalized spacial score (nSPS) is 15.8. The largest absolute Gasteiger partial charge is 0.444 e. The second kappa shape index (κ2) is 5.48. The van der Waals surface area contributed by atoms with Gasteiger partial charge in [-0.15, -0.1) is 0 Å². The van der Waals surface area contributed by atoms with Gasteiger partial charge in [-0.3, -0.25) is 0 Å². The highest BCUT2D eigenvalue weighted by Crippen LogP contribution is 2.27. The van der Waals surface area contributed by atoms with Crippen molar-refractivity contribution in [3.05, 3.63) is 36.2 Å². The SMILES string of the molecule is CC(C)(C)OC(=O)N1CCC=C(c2ccnc3[nH]ccc23)C1. The summed E-state index contributed by atoms with van der Waals surface area (Å²) in [5, 5.41) is 1.08. The van der Waals surface area contributed by atoms with Crippen LogP contribution < -0.4 is 0 Å². The van der Waals surface area contributed by atoms with Crippen molar-refractivity contribution in [2.24, 2.45) is 0 Å². The average molecular weight is 299 g/mol. The predicted octanol–water partition coefficient (Wildman–Crippen LogP) is 3.59. The Morgan fingerprint density at radius 3 is 2.95 bits per heavy atom. The number of carbonyl (C=O) groups excluding carboxylic acids is 1. The molecule has 1 aliphatic heterocycles. The number of aromatic nitrogens is 2. The molecule has 1 aliphatic rings. The maximum absolute atomic E-state index is 12.3. The predicted molar refractivity (Wildman–Crippen MR) is 86.5 cm³/mol. The molecule has 0 aromatic carbocycles. The standard InChI is InChI=1S/C17H21N3O2/c1-17(2,3)22-16(21)20-10-4-5-12(11-20)13-6-8-18-15-14(13)7-9-19-15/h5-9H,4,10-11H2,1-3H3,(H,18,19). The monoisotopic (exact) mass is 299 g/mol. The fourth-order valence-electron chi connectivity index (χ4n) is 2.66. The molecule has 3 heterocycles. The Hall–Kier alpha value is -2.30. The van der Waals surface area contributed by atoms with Crippen LogP contribution in [0.2, 0.25) is 0 Å². The summed E-state index contributed by atoms with van der Waals surface area (Å²) in [6, 6.07) is 4.02. The first-order valence-electron chi connectivity index (χ1n) is 7.53. The number of H-pyrrole nitrogens is 1. The first kappa shape index (κ1) is 14.6. The number of rotatable bonds is 1. The second-order valence-corrected chi connectivity index (χ2v) is 6.52. The van der Waals surface area contributed by atoms with E-state index in [1.54, 1.807) is 11.1 Å². The molecule has 0 bridgehead atoms. The smallest absolute Gasteiger partial charge is 0.410 e. The fraction of sp³-hybridized carbons (Fsp3) is 0.412. The summed E-state index contributed by atoms with van der Waals surface area (Å²) in [5.41, 5.74) is 2.67. The third-order valence-electron chi connectivity index (χ3n) is 3.61. The number of pyridine rings is 1. The summed E-state index contributed by atoms with van der Waals surface area (Å²) in [6.07, 6.45) is 6.46. The lowest BCUT2D eigenvalue weighted by atomic mass is 10.00. The number of aromatic amines is 1. The zero-order valence-corrected chi connectivity index (χ0v) is 13.2. The molecule has 0 unspecified atom stereocenters. The van der Waals surface area contributed by atoms with Gasteiger partial charge in [-0.05, 0) is 50.5 Å². The molecule has 0 fully saturated rings. The number of fused-ring (bicyclic) bond motifs is 1. The molecule has 0 aliphatic carbocycles. The van der Waals surface area contributed by atoms with E-state index in [4.69, 9.17) is 4.74 Å². The van der Waals surface area contributed by atoms with E-state index in [0.29, 0.717) is 13.1 Å². The number of ether oxygens (including phenoxy) is 1. The van der Waals surface area contributed by atoms with Crippen LogP contribution in [0, 0.1) is 0 Å². The summed E-state index contributed by atoms with van der Waals surface area (Å²) in [6.45, 7) is 6.92. The van der Waals surface area contributed by atoms with Crippen molar-refractivity contribution in [2.45, 2.75) is 32.8 Å². The van der Waals surface area contributed by atoms with Crippen LogP contribution in [0.5, 0.6) is 0 Å². The Morgan fingerprint density at radius 2 is 2.18 bits per heavy atom. The number of hydrogen-bond donors (Lipinski definition) is 1. The van der Waals surface area contributed by atoms with E-state index in [0.717, 1.165) is 28.6 Å². The van der Waals surface area contributed by atoms with Crippen LogP contribution in [0.25, 0.3) is 16.6 Å². The van der Waals surface area contributed by atoms with Gasteiger partial charge in [0.1, 0.15) is 11.2 Å². The number of hydrogen-bond acceptors (Lipinski definition) is 3. The van der Waals surface area contributed by atoms with Crippen molar-refractivity contribution < 1.29 is 9.53 Å². The molecule has 2 aromatic heterocycles. The second-order valence-electron chi connectivity index (χ2n) is 6.52. The highest BCUT2D eigenvalue weighted by Gasteiger charge is 2.25. The quantitative estimate of drug-likeness (QED) is 0.875. The van der Waals surface area contributed by atoms with Crippen molar-refractivity contribution in [2.75, 3.05) is 13.1 Å². The van der Waals surface area contributed by atoms with Gasteiger partial charge in [0.2, 0.25) is 0 Å². The minimum Gasteiger partial charge on any atom is -0.444 e. The molecule has 0 radical (unpaired) electrons. The Kier molecular flexibility index (Phi) is 3.64. The topological polar surface area (TPSA) is 58.2 Å². The third kappa shape index (κ3) is 2.98. The molecule has 22 heavy (non-hydrogen) atoms. The first-order chi connectivity index (χ1) is 10.4. The van der Waals surface area contributed by atoms with Gasteiger partial charge in [0.25, 0.3) is 0 Å². The van der Waals surface area contributed by atoms with Crippen molar-refractivity contribution in [3.63, 3.8) is 0 Å². The van der Waals surface area contributed by atoms with Gasteiger partial charge in [-0.2, -0.15) is 0 Å². The Morgan fingerprint density at radius 1 is 1.36 bits per heavy atom. The summed E-state index contributed by atoms with van der Waals surface area (Å²) in [5.74, 6) is 0. The Labute approximate surface area is 130 Å². The first-order valence-corrected chi connectivity index (χ1v) is 7.53. The van der Waals surface area contributed by atoms with E-state index in [1.807, 2.05) is 39.1 Å². The molecule has 0 spiro atoms. The minimum atomic E-state index is -0.469. The van der Waals surface area contributed by atoms with Gasteiger partial charge in [-0.25, -0.2) is 9.78 Å². The number of carbonyl (C=O) groups is 1. The number of nitrogens with zero attached hydrogens (tertiary/aromatic N) is 2. The van der Waals surface area contributed by atoms with Crippen LogP contribution in [-0.2, 0) is 4.74 Å². The van der Waals surface area contributed by atoms with Crippen molar-refractivity contribution in [1.82, 2.24) is 14.9 Å². The van der Waals surface area contributed by atoms with Gasteiger partial charge in [0.15, 0.2) is 0 Å². The molecule has 1 N–H and O–H groups in total. The summed E-state index contributed by atoms with van der Waals surface area (Å²) >= 11 is 0. The molecule has 3 rings (SSSR count). The molecule has 2 aromatic rings. The van der Waals surface area contributed by atoms with Gasteiger partial charge in [-0.1, -0.05) is 6.08 Å². The van der Waals surface area contributed by atoms with Gasteiger partial charge in [0.05, 0.1) is 0 Å². The Balaban J connectivity index is 1.83. The van der Waals surface area contributed by atoms with Gasteiger partial charge >= 0.3 is 6.09 Å². The molecule has 0 saturated carbocycles. The molecule has 1 amide bonds. The highest BCUT2D eigenvalue weighted by atomic mass is 16.6. The molecule has 0 saturated heterocycles. The van der Waals surface area contributed by atoms with Crippen LogP contribution in [-0.4, -0.2) is 39.7 Å². The molecule has 116 valence electrons. The van der Waals surface area contributed by atoms with Crippen molar-refractivity contribution in [1.29, 1.82) is 0 Å². The van der Waals surface area contributed by atoms with E-state index < -0.39 is 5.60 Å². The van der Waals surface area contributed by atoms with Crippen molar-refractivity contribution in [3.8, 4) is 0 Å².